The van der Waals surface area contributed by atoms with Gasteiger partial charge < -0.3 is 10.4 Å². The maximum atomic E-state index is 12.5. The fraction of sp³-hybridized carbons (Fsp3) is 0.300. The van der Waals surface area contributed by atoms with Gasteiger partial charge in [-0.3, -0.25) is 4.79 Å². The molecule has 0 radical (unpaired) electrons. The SMILES string of the molecule is O=Cc1ccc(NCCO)cc1C(F)(F)F. The molecular formula is C10H10F3NO2. The minimum absolute atomic E-state index is 0.151. The number of hydrogen-bond acceptors (Lipinski definition) is 3. The second kappa shape index (κ2) is 4.98. The van der Waals surface area contributed by atoms with Gasteiger partial charge in [-0.2, -0.15) is 13.2 Å². The van der Waals surface area contributed by atoms with Crippen molar-refractivity contribution in [2.75, 3.05) is 18.5 Å². The van der Waals surface area contributed by atoms with Gasteiger partial charge in [0, 0.05) is 17.8 Å². The lowest BCUT2D eigenvalue weighted by Crippen LogP contribution is -2.11. The molecule has 6 heteroatoms. The molecule has 0 aliphatic rings. The van der Waals surface area contributed by atoms with E-state index in [9.17, 15) is 18.0 Å². The number of aldehydes is 1. The summed E-state index contributed by atoms with van der Waals surface area (Å²) < 4.78 is 37.5. The van der Waals surface area contributed by atoms with Crippen LogP contribution in [0, 0.1) is 0 Å². The number of carbonyl (C=O) groups excluding carboxylic acids is 1. The summed E-state index contributed by atoms with van der Waals surface area (Å²) in [6, 6.07) is 3.30. The minimum atomic E-state index is -4.56. The average Bonchev–Trinajstić information content (AvgIpc) is 2.24. The van der Waals surface area contributed by atoms with Gasteiger partial charge in [-0.15, -0.1) is 0 Å². The van der Waals surface area contributed by atoms with Gasteiger partial charge in [0.05, 0.1) is 12.2 Å². The summed E-state index contributed by atoms with van der Waals surface area (Å²) in [7, 11) is 0. The number of aliphatic hydroxyl groups is 1. The van der Waals surface area contributed by atoms with Gasteiger partial charge in [-0.1, -0.05) is 0 Å². The summed E-state index contributed by atoms with van der Waals surface area (Å²) in [5.41, 5.74) is -1.17. The monoisotopic (exact) mass is 233 g/mol. The summed E-state index contributed by atoms with van der Waals surface area (Å²) in [6.07, 6.45) is -4.40. The number of nitrogens with one attached hydrogen (secondary N) is 1. The third-order valence-electron chi connectivity index (χ3n) is 1.93. The molecular weight excluding hydrogens is 223 g/mol. The first kappa shape index (κ1) is 12.5. The van der Waals surface area contributed by atoms with Crippen LogP contribution in [-0.2, 0) is 6.18 Å². The van der Waals surface area contributed by atoms with Gasteiger partial charge in [-0.05, 0) is 18.2 Å². The summed E-state index contributed by atoms with van der Waals surface area (Å²) in [5.74, 6) is 0. The Morgan fingerprint density at radius 3 is 2.56 bits per heavy atom. The fourth-order valence-electron chi connectivity index (χ4n) is 1.21. The van der Waals surface area contributed by atoms with Gasteiger partial charge in [0.2, 0.25) is 0 Å². The van der Waals surface area contributed by atoms with Crippen molar-refractivity contribution in [2.24, 2.45) is 0 Å². The third kappa shape index (κ3) is 2.96. The number of rotatable bonds is 4. The molecule has 0 saturated carbocycles. The van der Waals surface area contributed by atoms with Crippen LogP contribution in [0.15, 0.2) is 18.2 Å². The van der Waals surface area contributed by atoms with Crippen molar-refractivity contribution in [3.05, 3.63) is 29.3 Å². The Bertz CT molecular complexity index is 377. The number of carbonyl (C=O) groups is 1. The highest BCUT2D eigenvalue weighted by molar-refractivity contribution is 5.79. The van der Waals surface area contributed by atoms with E-state index in [0.717, 1.165) is 12.1 Å². The smallest absolute Gasteiger partial charge is 0.395 e. The van der Waals surface area contributed by atoms with E-state index in [4.69, 9.17) is 5.11 Å². The van der Waals surface area contributed by atoms with Crippen LogP contribution >= 0.6 is 0 Å². The van der Waals surface area contributed by atoms with Crippen LogP contribution in [0.3, 0.4) is 0 Å². The molecule has 1 aromatic rings. The predicted octanol–water partition coefficient (Wildman–Crippen LogP) is 1.92. The molecule has 16 heavy (non-hydrogen) atoms. The third-order valence-corrected chi connectivity index (χ3v) is 1.93. The summed E-state index contributed by atoms with van der Waals surface area (Å²) >= 11 is 0. The van der Waals surface area contributed by atoms with Crippen molar-refractivity contribution >= 4 is 12.0 Å². The Kier molecular flexibility index (Phi) is 3.89. The minimum Gasteiger partial charge on any atom is -0.395 e. The Hall–Kier alpha value is -1.56. The van der Waals surface area contributed by atoms with Gasteiger partial charge >= 0.3 is 6.18 Å². The van der Waals surface area contributed by atoms with E-state index in [2.05, 4.69) is 5.32 Å². The van der Waals surface area contributed by atoms with Gasteiger partial charge in [0.15, 0.2) is 6.29 Å². The number of benzene rings is 1. The first-order valence-electron chi connectivity index (χ1n) is 4.50. The van der Waals surface area contributed by atoms with Crippen LogP contribution in [0.25, 0.3) is 0 Å². The van der Waals surface area contributed by atoms with Crippen molar-refractivity contribution in [3.63, 3.8) is 0 Å². The lowest BCUT2D eigenvalue weighted by Gasteiger charge is -2.12. The fourth-order valence-corrected chi connectivity index (χ4v) is 1.21. The maximum Gasteiger partial charge on any atom is 0.417 e. The van der Waals surface area contributed by atoms with Crippen LogP contribution < -0.4 is 5.32 Å². The van der Waals surface area contributed by atoms with Gasteiger partial charge in [0.25, 0.3) is 0 Å². The van der Waals surface area contributed by atoms with Crippen molar-refractivity contribution < 1.29 is 23.1 Å². The zero-order valence-electron chi connectivity index (χ0n) is 8.21. The number of aliphatic hydroxyl groups excluding tert-OH is 1. The molecule has 0 unspecified atom stereocenters. The number of halogens is 3. The number of alkyl halides is 3. The summed E-state index contributed by atoms with van der Waals surface area (Å²) in [6.45, 7) is -0.0332. The quantitative estimate of drug-likeness (QED) is 0.781. The number of hydrogen-bond donors (Lipinski definition) is 2. The van der Waals surface area contributed by atoms with E-state index in [0.29, 0.717) is 0 Å². The molecule has 0 heterocycles. The lowest BCUT2D eigenvalue weighted by atomic mass is 10.1. The molecule has 0 atom stereocenters. The normalized spacial score (nSPS) is 11.2. The molecule has 0 saturated heterocycles. The Morgan fingerprint density at radius 1 is 1.38 bits per heavy atom. The molecule has 0 amide bonds. The molecule has 0 aliphatic carbocycles. The molecule has 2 N–H and O–H groups in total. The van der Waals surface area contributed by atoms with Crippen molar-refractivity contribution in [2.45, 2.75) is 6.18 Å². The number of anilines is 1. The van der Waals surface area contributed by atoms with Crippen LogP contribution in [-0.4, -0.2) is 24.5 Å². The van der Waals surface area contributed by atoms with Crippen molar-refractivity contribution in [3.8, 4) is 0 Å². The second-order valence-electron chi connectivity index (χ2n) is 3.07. The Morgan fingerprint density at radius 2 is 2.06 bits per heavy atom. The van der Waals surface area contributed by atoms with Gasteiger partial charge in [0.1, 0.15) is 0 Å². The van der Waals surface area contributed by atoms with Gasteiger partial charge in [-0.25, -0.2) is 0 Å². The average molecular weight is 233 g/mol. The van der Waals surface area contributed by atoms with Crippen LogP contribution in [0.5, 0.6) is 0 Å². The Labute approximate surface area is 89.9 Å². The Balaban J connectivity index is 3.06. The van der Waals surface area contributed by atoms with Crippen LogP contribution in [0.2, 0.25) is 0 Å². The standard InChI is InChI=1S/C10H10F3NO2/c11-10(12,13)9-5-8(14-3-4-15)2-1-7(9)6-16/h1-2,5-6,14-15H,3-4H2. The van der Waals surface area contributed by atoms with E-state index in [1.807, 2.05) is 0 Å². The molecule has 0 aromatic heterocycles. The van der Waals surface area contributed by atoms with E-state index in [1.54, 1.807) is 0 Å². The van der Waals surface area contributed by atoms with E-state index in [1.165, 1.54) is 6.07 Å². The van der Waals surface area contributed by atoms with Crippen LogP contribution in [0.1, 0.15) is 15.9 Å². The molecule has 0 spiro atoms. The lowest BCUT2D eigenvalue weighted by molar-refractivity contribution is -0.137. The summed E-state index contributed by atoms with van der Waals surface area (Å²) in [5, 5.41) is 11.1. The van der Waals surface area contributed by atoms with Crippen molar-refractivity contribution in [1.29, 1.82) is 0 Å². The highest BCUT2D eigenvalue weighted by atomic mass is 19.4. The molecule has 0 bridgehead atoms. The van der Waals surface area contributed by atoms with E-state index >= 15 is 0 Å². The molecule has 1 aromatic carbocycles. The van der Waals surface area contributed by atoms with E-state index in [-0.39, 0.29) is 25.1 Å². The summed E-state index contributed by atoms with van der Waals surface area (Å²) in [4.78, 5) is 10.4. The van der Waals surface area contributed by atoms with Crippen LogP contribution in [0.4, 0.5) is 18.9 Å². The first-order chi connectivity index (χ1) is 7.49. The first-order valence-corrected chi connectivity index (χ1v) is 4.50. The topological polar surface area (TPSA) is 49.3 Å². The zero-order chi connectivity index (χ0) is 12.2. The molecule has 0 aliphatic heterocycles. The highest BCUT2D eigenvalue weighted by Crippen LogP contribution is 2.33. The molecule has 0 fully saturated rings. The molecule has 88 valence electrons. The highest BCUT2D eigenvalue weighted by Gasteiger charge is 2.33. The second-order valence-corrected chi connectivity index (χ2v) is 3.07. The maximum absolute atomic E-state index is 12.5. The van der Waals surface area contributed by atoms with E-state index < -0.39 is 17.3 Å². The largest absolute Gasteiger partial charge is 0.417 e. The molecule has 1 rings (SSSR count). The zero-order valence-corrected chi connectivity index (χ0v) is 8.21. The predicted molar refractivity (Wildman–Crippen MR) is 52.4 cm³/mol. The van der Waals surface area contributed by atoms with Crippen molar-refractivity contribution in [1.82, 2.24) is 0 Å². The molecule has 3 nitrogen and oxygen atoms in total.